The Morgan fingerprint density at radius 1 is 0.477 bits per heavy atom. The summed E-state index contributed by atoms with van der Waals surface area (Å²) in [5, 5.41) is 55.4. The summed E-state index contributed by atoms with van der Waals surface area (Å²) in [5.74, 6) is 0. The Balaban J connectivity index is -0.000000302. The molecule has 0 bridgehead atoms. The Morgan fingerprint density at radius 2 is 0.636 bits per heavy atom. The van der Waals surface area contributed by atoms with E-state index in [-0.39, 0.29) is 68.1 Å². The molecule has 0 fully saturated rings. The Labute approximate surface area is 303 Å². The first-order valence-corrected chi connectivity index (χ1v) is 13.2. The van der Waals surface area contributed by atoms with E-state index in [1.165, 1.54) is 0 Å². The van der Waals surface area contributed by atoms with E-state index in [0.717, 1.165) is 59.8 Å². The van der Waals surface area contributed by atoms with Crippen molar-refractivity contribution in [2.75, 3.05) is 14.2 Å². The first kappa shape index (κ1) is 49.6. The summed E-state index contributed by atoms with van der Waals surface area (Å²) in [6, 6.07) is 7.93. The monoisotopic (exact) mass is 842 g/mol. The molecule has 0 amide bonds. The molecule has 2 radical (unpaired) electrons. The van der Waals surface area contributed by atoms with Crippen LogP contribution in [0.2, 0.25) is 0 Å². The average molecular weight is 846 g/mol. The predicted octanol–water partition coefficient (Wildman–Crippen LogP) is -5.30. The summed E-state index contributed by atoms with van der Waals surface area (Å²) in [4.78, 5) is 0. The van der Waals surface area contributed by atoms with E-state index in [9.17, 15) is 10.2 Å². The van der Waals surface area contributed by atoms with Crippen LogP contribution in [0.1, 0.15) is 45.6 Å². The van der Waals surface area contributed by atoms with Gasteiger partial charge in [0.25, 0.3) is 0 Å². The normalized spacial score (nSPS) is 9.64. The van der Waals surface area contributed by atoms with Gasteiger partial charge >= 0.3 is 34.1 Å². The molecule has 44 heavy (non-hydrogen) atoms. The molecule has 0 aliphatic heterocycles. The second-order valence-electron chi connectivity index (χ2n) is 9.68. The number of aryl methyl sites for hydroxylation is 8. The molecule has 4 rings (SSSR count). The molecule has 4 aromatic rings. The molecule has 0 aliphatic carbocycles. The molecule has 0 unspecified atom stereocenters. The zero-order valence-corrected chi connectivity index (χ0v) is 32.0. The summed E-state index contributed by atoms with van der Waals surface area (Å²) >= 11 is 0. The van der Waals surface area contributed by atoms with Crippen LogP contribution in [0.4, 0.5) is 0 Å². The van der Waals surface area contributed by atoms with Gasteiger partial charge in [-0.25, -0.2) is 0 Å². The van der Waals surface area contributed by atoms with Crippen LogP contribution in [-0.2, 0) is 60.3 Å². The summed E-state index contributed by atoms with van der Waals surface area (Å²) in [6.45, 7) is 17.2. The standard InChI is InChI=1S/2C13H19N4O.2CH4O.2BrH.2Cu/c2*1-9-5-11(3)16(14-9)7-13(18)8-17-12(4)6-10(2)15-17;2*1-2;;;;/h2*5-6,13H,7-8H2,1-4H3;2*2H,1H3;2*1H;;/q2*-1;;;;;2*+2/p-2. The summed E-state index contributed by atoms with van der Waals surface area (Å²) in [6.07, 6.45) is -1.47. The van der Waals surface area contributed by atoms with Crippen molar-refractivity contribution in [3.63, 3.8) is 0 Å². The van der Waals surface area contributed by atoms with Crippen LogP contribution in [0.3, 0.4) is 0 Å². The zero-order chi connectivity index (χ0) is 30.6. The third-order valence-corrected chi connectivity index (χ3v) is 5.92. The first-order valence-electron chi connectivity index (χ1n) is 13.2. The number of rotatable bonds is 8. The number of hydrogen-bond donors (Lipinski definition) is 2. The van der Waals surface area contributed by atoms with Gasteiger partial charge in [-0.15, -0.1) is 0 Å². The Hall–Kier alpha value is -1.32. The molecule has 0 spiro atoms. The third-order valence-electron chi connectivity index (χ3n) is 5.92. The van der Waals surface area contributed by atoms with Gasteiger partial charge in [0.1, 0.15) is 0 Å². The molecule has 2 N–H and O–H groups in total. The molecule has 16 heteroatoms. The van der Waals surface area contributed by atoms with Gasteiger partial charge in [0, 0.05) is 63.2 Å². The van der Waals surface area contributed by atoms with Crippen LogP contribution < -0.4 is 44.2 Å². The molecule has 0 saturated carbocycles. The average Bonchev–Trinajstić information content (AvgIpc) is 3.58. The fraction of sp³-hybridized carbons (Fsp3) is 0.571. The van der Waals surface area contributed by atoms with Gasteiger partial charge in [-0.05, 0) is 79.7 Å². The maximum absolute atomic E-state index is 12.1. The van der Waals surface area contributed by atoms with Crippen molar-refractivity contribution in [2.45, 2.75) is 93.8 Å². The van der Waals surface area contributed by atoms with Crippen molar-refractivity contribution in [2.24, 2.45) is 0 Å². The third kappa shape index (κ3) is 16.3. The van der Waals surface area contributed by atoms with E-state index < -0.39 is 12.2 Å². The molecule has 0 saturated heterocycles. The first-order chi connectivity index (χ1) is 18.9. The van der Waals surface area contributed by atoms with Gasteiger partial charge in [-0.2, -0.15) is 20.4 Å². The minimum atomic E-state index is -0.735. The van der Waals surface area contributed by atoms with Crippen LogP contribution in [0.15, 0.2) is 24.3 Å². The fourth-order valence-electron chi connectivity index (χ4n) is 4.33. The van der Waals surface area contributed by atoms with E-state index >= 15 is 0 Å². The summed E-state index contributed by atoms with van der Waals surface area (Å²) in [5.41, 5.74) is 7.92. The smallest absolute Gasteiger partial charge is 1.00 e. The van der Waals surface area contributed by atoms with Crippen molar-refractivity contribution in [3.8, 4) is 0 Å². The maximum atomic E-state index is 12.1. The van der Waals surface area contributed by atoms with Gasteiger partial charge in [0.15, 0.2) is 0 Å². The zero-order valence-electron chi connectivity index (χ0n) is 26.9. The van der Waals surface area contributed by atoms with Crippen LogP contribution in [0, 0.1) is 55.4 Å². The van der Waals surface area contributed by atoms with E-state index in [1.54, 1.807) is 18.7 Å². The van der Waals surface area contributed by atoms with Gasteiger partial charge in [0.05, 0.1) is 22.8 Å². The molecule has 4 heterocycles. The van der Waals surface area contributed by atoms with Crippen molar-refractivity contribution in [3.05, 3.63) is 69.8 Å². The minimum absolute atomic E-state index is 0. The second kappa shape index (κ2) is 24.9. The Morgan fingerprint density at radius 3 is 0.750 bits per heavy atom. The number of aliphatic hydroxyl groups excluding tert-OH is 2. The molecular formula is C28H46Br2Cu2N8O4. The fourth-order valence-corrected chi connectivity index (χ4v) is 4.33. The van der Waals surface area contributed by atoms with Gasteiger partial charge in [-0.3, -0.25) is 18.7 Å². The van der Waals surface area contributed by atoms with E-state index in [2.05, 4.69) is 20.4 Å². The van der Waals surface area contributed by atoms with E-state index in [1.807, 2.05) is 79.7 Å². The SMILES string of the molecule is CO.CO.Cc1cc(C)n(CC([O-])Cn2nc(C)cc2C)n1.Cc1cc(C)n(CC([O-])Cn2nc(C)cc2C)n1.[Br-].[Br-].[Cu+2].[Cu+2]. The molecule has 0 atom stereocenters. The molecule has 4 aromatic heterocycles. The second-order valence-corrected chi connectivity index (χ2v) is 9.68. The number of nitrogens with zero attached hydrogens (tertiary/aromatic N) is 8. The Bertz CT molecular complexity index is 1120. The van der Waals surface area contributed by atoms with Crippen molar-refractivity contribution in [1.82, 2.24) is 39.1 Å². The topological polar surface area (TPSA) is 158 Å². The van der Waals surface area contributed by atoms with Crippen LogP contribution in [0.5, 0.6) is 0 Å². The largest absolute Gasteiger partial charge is 2.00 e. The van der Waals surface area contributed by atoms with E-state index in [0.29, 0.717) is 26.2 Å². The Kier molecular flexibility index (Phi) is 28.0. The minimum Gasteiger partial charge on any atom is -1.00 e. The molecule has 0 aromatic carbocycles. The molecule has 12 nitrogen and oxygen atoms in total. The van der Waals surface area contributed by atoms with Crippen molar-refractivity contribution in [1.29, 1.82) is 0 Å². The van der Waals surface area contributed by atoms with Crippen LogP contribution in [0.25, 0.3) is 0 Å². The van der Waals surface area contributed by atoms with Crippen LogP contribution >= 0.6 is 0 Å². The molecular weight excluding hydrogens is 799 g/mol. The van der Waals surface area contributed by atoms with Gasteiger partial charge < -0.3 is 54.4 Å². The number of aliphatic hydroxyl groups is 2. The van der Waals surface area contributed by atoms with Gasteiger partial charge in [-0.1, -0.05) is 12.2 Å². The molecule has 0 aliphatic rings. The number of hydrogen-bond acceptors (Lipinski definition) is 8. The van der Waals surface area contributed by atoms with Crippen molar-refractivity contribution >= 4 is 0 Å². The summed E-state index contributed by atoms with van der Waals surface area (Å²) in [7, 11) is 2.00. The van der Waals surface area contributed by atoms with E-state index in [4.69, 9.17) is 10.2 Å². The van der Waals surface area contributed by atoms with Crippen molar-refractivity contribution < 1.29 is 88.5 Å². The van der Waals surface area contributed by atoms with Gasteiger partial charge in [0.2, 0.25) is 0 Å². The molecule has 258 valence electrons. The maximum Gasteiger partial charge on any atom is 2.00 e. The number of halogens is 2. The summed E-state index contributed by atoms with van der Waals surface area (Å²) < 4.78 is 7.11. The van der Waals surface area contributed by atoms with Crippen LogP contribution in [-0.4, -0.2) is 75.8 Å². The predicted molar refractivity (Wildman–Crippen MR) is 151 cm³/mol. The number of aromatic nitrogens is 8. The quantitative estimate of drug-likeness (QED) is 0.167.